The summed E-state index contributed by atoms with van der Waals surface area (Å²) in [4.78, 5) is 14.0. The van der Waals surface area contributed by atoms with Gasteiger partial charge < -0.3 is 10.2 Å². The van der Waals surface area contributed by atoms with Crippen molar-refractivity contribution in [1.82, 2.24) is 4.90 Å². The highest BCUT2D eigenvalue weighted by atomic mass is 35.5. The SMILES string of the molecule is CN(CCC(=O)Nc1c(Cl)cccc1Cl)Cc1cccc(F)c1. The Morgan fingerprint density at radius 3 is 2.48 bits per heavy atom. The Balaban J connectivity index is 1.84. The van der Waals surface area contributed by atoms with Crippen molar-refractivity contribution < 1.29 is 9.18 Å². The van der Waals surface area contributed by atoms with Crippen molar-refractivity contribution in [2.24, 2.45) is 0 Å². The minimum atomic E-state index is -0.262. The van der Waals surface area contributed by atoms with Crippen LogP contribution in [0.4, 0.5) is 10.1 Å². The molecule has 0 heterocycles. The average Bonchev–Trinajstić information content (AvgIpc) is 2.49. The molecule has 1 amide bonds. The van der Waals surface area contributed by atoms with Gasteiger partial charge in [-0.15, -0.1) is 0 Å². The van der Waals surface area contributed by atoms with Crippen molar-refractivity contribution >= 4 is 34.8 Å². The molecule has 23 heavy (non-hydrogen) atoms. The molecule has 0 bridgehead atoms. The number of rotatable bonds is 6. The van der Waals surface area contributed by atoms with Crippen molar-refractivity contribution in [1.29, 1.82) is 0 Å². The quantitative estimate of drug-likeness (QED) is 0.822. The first-order chi connectivity index (χ1) is 11.0. The van der Waals surface area contributed by atoms with Crippen LogP contribution in [0.1, 0.15) is 12.0 Å². The van der Waals surface area contributed by atoms with Gasteiger partial charge >= 0.3 is 0 Å². The fourth-order valence-corrected chi connectivity index (χ4v) is 2.63. The molecule has 0 saturated heterocycles. The maximum atomic E-state index is 13.1. The molecule has 0 fully saturated rings. The van der Waals surface area contributed by atoms with E-state index in [1.54, 1.807) is 24.3 Å². The van der Waals surface area contributed by atoms with Crippen LogP contribution in [-0.4, -0.2) is 24.4 Å². The van der Waals surface area contributed by atoms with Crippen LogP contribution in [0.3, 0.4) is 0 Å². The van der Waals surface area contributed by atoms with E-state index in [4.69, 9.17) is 23.2 Å². The lowest BCUT2D eigenvalue weighted by molar-refractivity contribution is -0.116. The number of carbonyl (C=O) groups excluding carboxylic acids is 1. The van der Waals surface area contributed by atoms with Crippen LogP contribution in [0, 0.1) is 5.82 Å². The van der Waals surface area contributed by atoms with Gasteiger partial charge in [-0.25, -0.2) is 4.39 Å². The molecule has 0 saturated carbocycles. The summed E-state index contributed by atoms with van der Waals surface area (Å²) in [5, 5.41) is 3.52. The van der Waals surface area contributed by atoms with E-state index >= 15 is 0 Å². The third-order valence-electron chi connectivity index (χ3n) is 3.29. The van der Waals surface area contributed by atoms with Crippen LogP contribution in [0.15, 0.2) is 42.5 Å². The summed E-state index contributed by atoms with van der Waals surface area (Å²) in [6.07, 6.45) is 0.285. The monoisotopic (exact) mass is 354 g/mol. The fourth-order valence-electron chi connectivity index (χ4n) is 2.14. The number of anilines is 1. The van der Waals surface area contributed by atoms with Gasteiger partial charge in [-0.3, -0.25) is 4.79 Å². The van der Waals surface area contributed by atoms with E-state index in [0.717, 1.165) is 5.56 Å². The summed E-state index contributed by atoms with van der Waals surface area (Å²) in [5.74, 6) is -0.437. The normalized spacial score (nSPS) is 10.8. The van der Waals surface area contributed by atoms with Crippen LogP contribution in [0.25, 0.3) is 0 Å². The second-order valence-electron chi connectivity index (χ2n) is 5.26. The molecule has 0 radical (unpaired) electrons. The van der Waals surface area contributed by atoms with E-state index in [-0.39, 0.29) is 18.1 Å². The van der Waals surface area contributed by atoms with Crippen molar-refractivity contribution in [3.8, 4) is 0 Å². The van der Waals surface area contributed by atoms with Gasteiger partial charge in [0.2, 0.25) is 5.91 Å². The zero-order chi connectivity index (χ0) is 16.8. The molecule has 1 N–H and O–H groups in total. The van der Waals surface area contributed by atoms with Gasteiger partial charge in [0, 0.05) is 19.5 Å². The van der Waals surface area contributed by atoms with Gasteiger partial charge in [-0.2, -0.15) is 0 Å². The molecular weight excluding hydrogens is 338 g/mol. The van der Waals surface area contributed by atoms with Gasteiger partial charge in [-0.1, -0.05) is 41.4 Å². The van der Waals surface area contributed by atoms with Crippen molar-refractivity contribution in [2.75, 3.05) is 18.9 Å². The Labute approximate surface area is 145 Å². The number of halogens is 3. The molecule has 2 aromatic rings. The summed E-state index contributed by atoms with van der Waals surface area (Å²) in [6.45, 7) is 1.10. The van der Waals surface area contributed by atoms with Crippen molar-refractivity contribution in [3.63, 3.8) is 0 Å². The van der Waals surface area contributed by atoms with Gasteiger partial charge in [0.25, 0.3) is 0 Å². The molecule has 6 heteroatoms. The maximum absolute atomic E-state index is 13.1. The standard InChI is InChI=1S/C17H17Cl2FN2O/c1-22(11-12-4-2-5-13(20)10-12)9-8-16(23)21-17-14(18)6-3-7-15(17)19/h2-7,10H,8-9,11H2,1H3,(H,21,23). The second kappa shape index (κ2) is 8.29. The van der Waals surface area contributed by atoms with E-state index in [0.29, 0.717) is 28.8 Å². The first-order valence-corrected chi connectivity index (χ1v) is 7.88. The molecule has 2 aromatic carbocycles. The molecular formula is C17H17Cl2FN2O. The lowest BCUT2D eigenvalue weighted by Gasteiger charge is -2.17. The minimum Gasteiger partial charge on any atom is -0.324 e. The fraction of sp³-hybridized carbons (Fsp3) is 0.235. The largest absolute Gasteiger partial charge is 0.324 e. The van der Waals surface area contributed by atoms with Gasteiger partial charge in [0.15, 0.2) is 0 Å². The van der Waals surface area contributed by atoms with E-state index in [2.05, 4.69) is 5.32 Å². The highest BCUT2D eigenvalue weighted by Gasteiger charge is 2.10. The summed E-state index contributed by atoms with van der Waals surface area (Å²) >= 11 is 12.0. The Morgan fingerprint density at radius 1 is 1.17 bits per heavy atom. The van der Waals surface area contributed by atoms with Crippen LogP contribution >= 0.6 is 23.2 Å². The molecule has 0 spiro atoms. The molecule has 122 valence electrons. The summed E-state index contributed by atoms with van der Waals surface area (Å²) < 4.78 is 13.1. The predicted octanol–water partition coefficient (Wildman–Crippen LogP) is 4.59. The Kier molecular flexibility index (Phi) is 6.39. The number of benzene rings is 2. The summed E-state index contributed by atoms with van der Waals surface area (Å²) in [7, 11) is 1.88. The number of nitrogens with zero attached hydrogens (tertiary/aromatic N) is 1. The zero-order valence-electron chi connectivity index (χ0n) is 12.7. The number of amides is 1. The number of hydrogen-bond donors (Lipinski definition) is 1. The van der Waals surface area contributed by atoms with Crippen LogP contribution in [-0.2, 0) is 11.3 Å². The van der Waals surface area contributed by atoms with Crippen molar-refractivity contribution in [2.45, 2.75) is 13.0 Å². The van der Waals surface area contributed by atoms with Crippen LogP contribution in [0.5, 0.6) is 0 Å². The molecule has 0 aliphatic heterocycles. The second-order valence-corrected chi connectivity index (χ2v) is 6.08. The van der Waals surface area contributed by atoms with Gasteiger partial charge in [0.05, 0.1) is 15.7 Å². The topological polar surface area (TPSA) is 32.3 Å². The molecule has 3 nitrogen and oxygen atoms in total. The molecule has 2 rings (SSSR count). The molecule has 0 aromatic heterocycles. The summed E-state index contributed by atoms with van der Waals surface area (Å²) in [5.41, 5.74) is 1.29. The van der Waals surface area contributed by atoms with Crippen LogP contribution in [0.2, 0.25) is 10.0 Å². The van der Waals surface area contributed by atoms with E-state index in [1.165, 1.54) is 12.1 Å². The summed E-state index contributed by atoms with van der Waals surface area (Å²) in [6, 6.07) is 11.5. The highest BCUT2D eigenvalue weighted by Crippen LogP contribution is 2.29. The Hall–Kier alpha value is -1.62. The first kappa shape index (κ1) is 17.7. The molecule has 0 atom stereocenters. The molecule has 0 aliphatic carbocycles. The Bertz CT molecular complexity index is 674. The van der Waals surface area contributed by atoms with Gasteiger partial charge in [0.1, 0.15) is 5.82 Å². The van der Waals surface area contributed by atoms with Gasteiger partial charge in [-0.05, 0) is 36.9 Å². The zero-order valence-corrected chi connectivity index (χ0v) is 14.2. The number of para-hydroxylation sites is 1. The first-order valence-electron chi connectivity index (χ1n) is 7.12. The lowest BCUT2D eigenvalue weighted by atomic mass is 10.2. The third kappa shape index (κ3) is 5.50. The number of hydrogen-bond acceptors (Lipinski definition) is 2. The smallest absolute Gasteiger partial charge is 0.225 e. The van der Waals surface area contributed by atoms with E-state index in [1.807, 2.05) is 18.0 Å². The maximum Gasteiger partial charge on any atom is 0.225 e. The van der Waals surface area contributed by atoms with E-state index in [9.17, 15) is 9.18 Å². The molecule has 0 aliphatic rings. The Morgan fingerprint density at radius 2 is 1.83 bits per heavy atom. The minimum absolute atomic E-state index is 0.175. The molecule has 0 unspecified atom stereocenters. The lowest BCUT2D eigenvalue weighted by Crippen LogP contribution is -2.24. The van der Waals surface area contributed by atoms with E-state index < -0.39 is 0 Å². The number of carbonyl (C=O) groups is 1. The van der Waals surface area contributed by atoms with Crippen LogP contribution < -0.4 is 5.32 Å². The predicted molar refractivity (Wildman–Crippen MR) is 92.4 cm³/mol. The number of nitrogens with one attached hydrogen (secondary N) is 1. The third-order valence-corrected chi connectivity index (χ3v) is 3.92. The van der Waals surface area contributed by atoms with Crippen molar-refractivity contribution in [3.05, 3.63) is 63.9 Å². The average molecular weight is 355 g/mol. The highest BCUT2D eigenvalue weighted by molar-refractivity contribution is 6.39.